The molecule has 6 nitrogen and oxygen atoms in total. The van der Waals surface area contributed by atoms with E-state index < -0.39 is 17.1 Å². The van der Waals surface area contributed by atoms with Crippen molar-refractivity contribution in [3.05, 3.63) is 165 Å². The van der Waals surface area contributed by atoms with Crippen molar-refractivity contribution in [3.63, 3.8) is 0 Å². The van der Waals surface area contributed by atoms with Crippen LogP contribution in [0.5, 0.6) is 0 Å². The molecule has 0 aliphatic carbocycles. The number of thioether (sulfide) groups is 1. The fourth-order valence-corrected chi connectivity index (χ4v) is 6.03. The highest BCUT2D eigenvalue weighted by Gasteiger charge is 2.23. The van der Waals surface area contributed by atoms with Crippen LogP contribution >= 0.6 is 46.6 Å². The number of benzene rings is 5. The molecule has 0 saturated carbocycles. The number of hydrogen-bond acceptors (Lipinski definition) is 4. The van der Waals surface area contributed by atoms with Crippen LogP contribution in [-0.2, 0) is 9.59 Å². The zero-order valence-corrected chi connectivity index (χ0v) is 27.1. The molecule has 5 aromatic rings. The molecular formula is C36H26Cl3N3O3S. The van der Waals surface area contributed by atoms with Crippen LogP contribution < -0.4 is 16.0 Å². The Hall–Kier alpha value is -4.53. The van der Waals surface area contributed by atoms with E-state index >= 15 is 0 Å². The molecule has 46 heavy (non-hydrogen) atoms. The lowest BCUT2D eigenvalue weighted by Crippen LogP contribution is -2.30. The number of nitrogens with one attached hydrogen (secondary N) is 3. The van der Waals surface area contributed by atoms with Gasteiger partial charge in [-0.2, -0.15) is 0 Å². The second kappa shape index (κ2) is 15.7. The van der Waals surface area contributed by atoms with Crippen LogP contribution in [0.2, 0.25) is 15.1 Å². The third kappa shape index (κ3) is 9.25. The van der Waals surface area contributed by atoms with E-state index in [1.165, 1.54) is 11.8 Å². The molecule has 5 rings (SSSR count). The van der Waals surface area contributed by atoms with Crippen molar-refractivity contribution >= 4 is 81.7 Å². The SMILES string of the molecule is O=C(Nc1ccc(SC(C(=O)Nc2cc(Cl)cc(Cl)c2)c2ccccc2)cc1)/C(=C/c1ccc(Cl)cc1)NC(=O)c1ccccc1. The first-order chi connectivity index (χ1) is 22.2. The maximum atomic E-state index is 13.5. The van der Waals surface area contributed by atoms with E-state index in [-0.39, 0.29) is 11.6 Å². The first-order valence-electron chi connectivity index (χ1n) is 14.0. The molecule has 0 aromatic heterocycles. The lowest BCUT2D eigenvalue weighted by atomic mass is 10.1. The summed E-state index contributed by atoms with van der Waals surface area (Å²) >= 11 is 19.6. The van der Waals surface area contributed by atoms with Gasteiger partial charge in [-0.25, -0.2) is 0 Å². The minimum Gasteiger partial charge on any atom is -0.325 e. The monoisotopic (exact) mass is 685 g/mol. The molecule has 0 bridgehead atoms. The molecule has 1 unspecified atom stereocenters. The average molecular weight is 687 g/mol. The normalized spacial score (nSPS) is 11.8. The summed E-state index contributed by atoms with van der Waals surface area (Å²) in [5.74, 6) is -1.19. The molecule has 0 aliphatic heterocycles. The van der Waals surface area contributed by atoms with Gasteiger partial charge in [-0.3, -0.25) is 14.4 Å². The topological polar surface area (TPSA) is 87.3 Å². The Bertz CT molecular complexity index is 1850. The number of amides is 3. The van der Waals surface area contributed by atoms with Crippen molar-refractivity contribution in [1.82, 2.24) is 5.32 Å². The number of anilines is 2. The summed E-state index contributed by atoms with van der Waals surface area (Å²) in [6, 6.07) is 36.9. The van der Waals surface area contributed by atoms with Crippen molar-refractivity contribution in [3.8, 4) is 0 Å². The fourth-order valence-electron chi connectivity index (χ4n) is 4.35. The van der Waals surface area contributed by atoms with Gasteiger partial charge in [-0.05, 0) is 83.9 Å². The Balaban J connectivity index is 1.33. The van der Waals surface area contributed by atoms with E-state index in [2.05, 4.69) is 16.0 Å². The fraction of sp³-hybridized carbons (Fsp3) is 0.0278. The standard InChI is InChI=1S/C36H26Cl3N3O3S/c37-26-13-11-23(12-14-26)19-32(42-34(43)25-9-5-2-6-10-25)35(44)40-29-15-17-31(18-16-29)46-33(24-7-3-1-4-8-24)36(45)41-30-21-27(38)20-28(39)22-30/h1-22,33H,(H,40,44)(H,41,45)(H,42,43)/b32-19-. The summed E-state index contributed by atoms with van der Waals surface area (Å²) in [5, 5.41) is 9.26. The van der Waals surface area contributed by atoms with E-state index in [9.17, 15) is 14.4 Å². The van der Waals surface area contributed by atoms with E-state index in [1.54, 1.807) is 91.0 Å². The van der Waals surface area contributed by atoms with E-state index in [4.69, 9.17) is 34.8 Å². The molecule has 0 heterocycles. The molecule has 1 atom stereocenters. The van der Waals surface area contributed by atoms with Gasteiger partial charge in [0.15, 0.2) is 0 Å². The Morgan fingerprint density at radius 1 is 0.630 bits per heavy atom. The molecule has 10 heteroatoms. The summed E-state index contributed by atoms with van der Waals surface area (Å²) in [7, 11) is 0. The quantitative estimate of drug-likeness (QED) is 0.101. The molecule has 3 amide bonds. The summed E-state index contributed by atoms with van der Waals surface area (Å²) < 4.78 is 0. The molecule has 5 aromatic carbocycles. The molecule has 3 N–H and O–H groups in total. The molecule has 230 valence electrons. The van der Waals surface area contributed by atoms with Crippen LogP contribution in [0.25, 0.3) is 6.08 Å². The highest BCUT2D eigenvalue weighted by atomic mass is 35.5. The number of carbonyl (C=O) groups excluding carboxylic acids is 3. The Morgan fingerprint density at radius 2 is 1.24 bits per heavy atom. The first kappa shape index (κ1) is 32.9. The molecular weight excluding hydrogens is 661 g/mol. The molecule has 0 fully saturated rings. The van der Waals surface area contributed by atoms with Gasteiger partial charge in [0.2, 0.25) is 5.91 Å². The number of rotatable bonds is 10. The van der Waals surface area contributed by atoms with Crippen LogP contribution in [0.3, 0.4) is 0 Å². The largest absolute Gasteiger partial charge is 0.325 e. The molecule has 0 radical (unpaired) electrons. The third-order valence-corrected chi connectivity index (χ3v) is 8.50. The zero-order valence-electron chi connectivity index (χ0n) is 24.0. The van der Waals surface area contributed by atoms with E-state index in [0.29, 0.717) is 37.6 Å². The minimum atomic E-state index is -0.596. The number of hydrogen-bond donors (Lipinski definition) is 3. The lowest BCUT2D eigenvalue weighted by molar-refractivity contribution is -0.116. The van der Waals surface area contributed by atoms with Gasteiger partial charge >= 0.3 is 0 Å². The third-order valence-electron chi connectivity index (χ3n) is 6.55. The minimum absolute atomic E-state index is 0.0524. The van der Waals surface area contributed by atoms with Gasteiger partial charge < -0.3 is 16.0 Å². The van der Waals surface area contributed by atoms with Crippen molar-refractivity contribution in [1.29, 1.82) is 0 Å². The van der Waals surface area contributed by atoms with E-state index in [0.717, 1.165) is 10.5 Å². The first-order valence-corrected chi connectivity index (χ1v) is 16.0. The highest BCUT2D eigenvalue weighted by Crippen LogP contribution is 2.37. The van der Waals surface area contributed by atoms with Gasteiger partial charge in [0.25, 0.3) is 11.8 Å². The zero-order chi connectivity index (χ0) is 32.5. The summed E-state index contributed by atoms with van der Waals surface area (Å²) in [4.78, 5) is 40.6. The molecule has 0 aliphatic rings. The van der Waals surface area contributed by atoms with Crippen molar-refractivity contribution in [2.24, 2.45) is 0 Å². The van der Waals surface area contributed by atoms with Crippen molar-refractivity contribution < 1.29 is 14.4 Å². The summed E-state index contributed by atoms with van der Waals surface area (Å²) in [5.41, 5.74) is 2.94. The Kier molecular flexibility index (Phi) is 11.2. The molecule has 0 spiro atoms. The van der Waals surface area contributed by atoms with Crippen LogP contribution in [0.4, 0.5) is 11.4 Å². The van der Waals surface area contributed by atoms with Crippen LogP contribution in [0.15, 0.2) is 138 Å². The van der Waals surface area contributed by atoms with Gasteiger partial charge in [0.05, 0.1) is 0 Å². The maximum absolute atomic E-state index is 13.5. The maximum Gasteiger partial charge on any atom is 0.272 e. The lowest BCUT2D eigenvalue weighted by Gasteiger charge is -2.18. The Morgan fingerprint density at radius 3 is 1.87 bits per heavy atom. The smallest absolute Gasteiger partial charge is 0.272 e. The second-order valence-electron chi connectivity index (χ2n) is 9.96. The second-order valence-corrected chi connectivity index (χ2v) is 12.5. The van der Waals surface area contributed by atoms with Crippen LogP contribution in [0, 0.1) is 0 Å². The van der Waals surface area contributed by atoms with Crippen LogP contribution in [0.1, 0.15) is 26.7 Å². The summed E-state index contributed by atoms with van der Waals surface area (Å²) in [6.45, 7) is 0. The number of carbonyl (C=O) groups is 3. The molecule has 0 saturated heterocycles. The van der Waals surface area contributed by atoms with Gasteiger partial charge in [0, 0.05) is 36.9 Å². The van der Waals surface area contributed by atoms with Crippen molar-refractivity contribution in [2.75, 3.05) is 10.6 Å². The number of halogens is 3. The van der Waals surface area contributed by atoms with E-state index in [1.807, 2.05) is 42.5 Å². The highest BCUT2D eigenvalue weighted by molar-refractivity contribution is 8.00. The van der Waals surface area contributed by atoms with Gasteiger partial charge in [-0.15, -0.1) is 11.8 Å². The van der Waals surface area contributed by atoms with Crippen LogP contribution in [-0.4, -0.2) is 17.7 Å². The van der Waals surface area contributed by atoms with Crippen molar-refractivity contribution in [2.45, 2.75) is 10.1 Å². The predicted molar refractivity (Wildman–Crippen MR) is 189 cm³/mol. The van der Waals surface area contributed by atoms with Gasteiger partial charge in [-0.1, -0.05) is 95.5 Å². The average Bonchev–Trinajstić information content (AvgIpc) is 3.05. The Labute approximate surface area is 285 Å². The van der Waals surface area contributed by atoms with Gasteiger partial charge in [0.1, 0.15) is 10.9 Å². The predicted octanol–water partition coefficient (Wildman–Crippen LogP) is 9.53. The summed E-state index contributed by atoms with van der Waals surface area (Å²) in [6.07, 6.45) is 1.58.